The Morgan fingerprint density at radius 2 is 2.03 bits per heavy atom. The van der Waals surface area contributed by atoms with Crippen LogP contribution < -0.4 is 4.74 Å². The Morgan fingerprint density at radius 3 is 2.67 bits per heavy atom. The molecule has 2 aromatic rings. The molecule has 30 heavy (non-hydrogen) atoms. The summed E-state index contributed by atoms with van der Waals surface area (Å²) in [5.41, 5.74) is 2.71. The zero-order valence-corrected chi connectivity index (χ0v) is 17.6. The maximum atomic E-state index is 13.1. The van der Waals surface area contributed by atoms with Crippen molar-refractivity contribution < 1.29 is 19.4 Å². The van der Waals surface area contributed by atoms with Crippen LogP contribution in [0.3, 0.4) is 0 Å². The maximum absolute atomic E-state index is 13.1. The van der Waals surface area contributed by atoms with Gasteiger partial charge >= 0.3 is 0 Å². The number of methoxy groups -OCH3 is 1. The summed E-state index contributed by atoms with van der Waals surface area (Å²) in [7, 11) is 1.64. The first kappa shape index (κ1) is 19.4. The molecule has 5 rings (SSSR count). The lowest BCUT2D eigenvalue weighted by atomic mass is 9.68. The molecule has 0 radical (unpaired) electrons. The van der Waals surface area contributed by atoms with E-state index in [-0.39, 0.29) is 35.8 Å². The predicted molar refractivity (Wildman–Crippen MR) is 112 cm³/mol. The van der Waals surface area contributed by atoms with Crippen molar-refractivity contribution in [2.24, 2.45) is 5.92 Å². The van der Waals surface area contributed by atoms with Crippen molar-refractivity contribution in [3.63, 3.8) is 0 Å². The monoisotopic (exact) mass is 411 g/mol. The molecule has 2 aliphatic heterocycles. The van der Waals surface area contributed by atoms with Crippen LogP contribution in [0.5, 0.6) is 5.75 Å². The van der Waals surface area contributed by atoms with Crippen molar-refractivity contribution >= 4 is 22.7 Å². The molecule has 7 nitrogen and oxygen atoms in total. The van der Waals surface area contributed by atoms with Crippen molar-refractivity contribution in [1.82, 2.24) is 14.8 Å². The van der Waals surface area contributed by atoms with E-state index in [9.17, 15) is 14.7 Å². The molecule has 2 amide bonds. The molecule has 0 bridgehead atoms. The lowest BCUT2D eigenvalue weighted by Gasteiger charge is -2.56. The molecule has 7 heteroatoms. The third-order valence-corrected chi connectivity index (χ3v) is 6.93. The van der Waals surface area contributed by atoms with Gasteiger partial charge in [-0.3, -0.25) is 9.59 Å². The Morgan fingerprint density at radius 1 is 1.27 bits per heavy atom. The van der Waals surface area contributed by atoms with Gasteiger partial charge in [0.25, 0.3) is 0 Å². The van der Waals surface area contributed by atoms with Crippen LogP contribution >= 0.6 is 0 Å². The Kier molecular flexibility index (Phi) is 4.54. The number of likely N-dealkylation sites (tertiary alicyclic amines) is 1. The molecule has 3 heterocycles. The molecular formula is C23H29N3O4. The number of amides is 2. The molecule has 1 saturated heterocycles. The molecule has 3 aliphatic rings. The Balaban J connectivity index is 1.60. The van der Waals surface area contributed by atoms with Crippen LogP contribution in [0.25, 0.3) is 10.9 Å². The van der Waals surface area contributed by atoms with E-state index in [1.165, 1.54) is 0 Å². The van der Waals surface area contributed by atoms with E-state index >= 15 is 0 Å². The summed E-state index contributed by atoms with van der Waals surface area (Å²) in [5, 5.41) is 11.3. The smallest absolute Gasteiger partial charge is 0.226 e. The largest absolute Gasteiger partial charge is 0.497 e. The summed E-state index contributed by atoms with van der Waals surface area (Å²) >= 11 is 0. The van der Waals surface area contributed by atoms with Gasteiger partial charge in [0.05, 0.1) is 25.2 Å². The van der Waals surface area contributed by atoms with Gasteiger partial charge in [0, 0.05) is 54.6 Å². The third-order valence-electron chi connectivity index (χ3n) is 6.93. The summed E-state index contributed by atoms with van der Waals surface area (Å²) < 4.78 is 5.39. The van der Waals surface area contributed by atoms with Crippen molar-refractivity contribution in [2.75, 3.05) is 33.4 Å². The van der Waals surface area contributed by atoms with Crippen LogP contribution in [0.1, 0.15) is 49.9 Å². The maximum Gasteiger partial charge on any atom is 0.226 e. The van der Waals surface area contributed by atoms with Gasteiger partial charge in [-0.1, -0.05) is 6.92 Å². The van der Waals surface area contributed by atoms with E-state index in [1.807, 2.05) is 28.9 Å². The number of nitrogens with one attached hydrogen (secondary N) is 1. The number of hydrogen-bond donors (Lipinski definition) is 2. The van der Waals surface area contributed by atoms with Crippen LogP contribution in [-0.4, -0.2) is 65.1 Å². The molecule has 1 aromatic heterocycles. The van der Waals surface area contributed by atoms with Gasteiger partial charge in [-0.15, -0.1) is 0 Å². The number of rotatable bonds is 5. The molecule has 2 N–H and O–H groups in total. The van der Waals surface area contributed by atoms with Crippen LogP contribution in [0, 0.1) is 5.92 Å². The number of carbonyl (C=O) groups excluding carboxylic acids is 2. The molecule has 1 aliphatic carbocycles. The number of aliphatic hydroxyl groups excluding tert-OH is 1. The fourth-order valence-corrected chi connectivity index (χ4v) is 5.29. The first-order valence-corrected chi connectivity index (χ1v) is 10.9. The average molecular weight is 412 g/mol. The number of nitrogens with zero attached hydrogens (tertiary/aromatic N) is 2. The Bertz CT molecular complexity index is 1000. The van der Waals surface area contributed by atoms with Gasteiger partial charge in [0.15, 0.2) is 0 Å². The lowest BCUT2D eigenvalue weighted by Crippen LogP contribution is -2.68. The molecule has 1 aromatic carbocycles. The number of carbonyl (C=O) groups is 2. The normalized spacial score (nSPS) is 22.2. The molecule has 0 unspecified atom stereocenters. The van der Waals surface area contributed by atoms with Gasteiger partial charge in [0.1, 0.15) is 5.75 Å². The number of aliphatic hydroxyl groups is 1. The van der Waals surface area contributed by atoms with E-state index in [0.29, 0.717) is 26.1 Å². The van der Waals surface area contributed by atoms with Crippen LogP contribution in [-0.2, 0) is 15.0 Å². The number of ether oxygens (including phenoxy) is 1. The topological polar surface area (TPSA) is 85.9 Å². The standard InChI is InChI=1S/C23H29N3O4/c1-3-4-19(28)25-11-23(12-25)13-26(22(29)14-5-6-14)18(10-27)21-20(23)16-8-7-15(30-2)9-17(16)24-21/h7-9,14,18,24,27H,3-6,10-13H2,1-2H3/t18-/m0/s1. The highest BCUT2D eigenvalue weighted by Crippen LogP contribution is 2.49. The summed E-state index contributed by atoms with van der Waals surface area (Å²) in [6, 6.07) is 5.58. The summed E-state index contributed by atoms with van der Waals surface area (Å²) in [6.45, 7) is 3.68. The minimum Gasteiger partial charge on any atom is -0.497 e. The molecule has 160 valence electrons. The number of hydrogen-bond acceptors (Lipinski definition) is 4. The zero-order chi connectivity index (χ0) is 21.0. The van der Waals surface area contributed by atoms with E-state index in [2.05, 4.69) is 11.1 Å². The molecule has 1 spiro atoms. The summed E-state index contributed by atoms with van der Waals surface area (Å²) in [4.78, 5) is 32.9. The zero-order valence-electron chi connectivity index (χ0n) is 17.6. The number of benzene rings is 1. The van der Waals surface area contributed by atoms with Crippen molar-refractivity contribution in [2.45, 2.75) is 44.1 Å². The highest BCUT2D eigenvalue weighted by atomic mass is 16.5. The fourth-order valence-electron chi connectivity index (χ4n) is 5.29. The SMILES string of the molecule is CCCC(=O)N1CC2(C1)CN(C(=O)C1CC1)[C@@H](CO)c1[nH]c3cc(OC)ccc3c12. The van der Waals surface area contributed by atoms with Gasteiger partial charge in [0.2, 0.25) is 11.8 Å². The minimum absolute atomic E-state index is 0.0834. The number of fused-ring (bicyclic) bond motifs is 4. The number of H-pyrrole nitrogens is 1. The highest BCUT2D eigenvalue weighted by Gasteiger charge is 2.55. The second-order valence-corrected chi connectivity index (χ2v) is 9.04. The Hall–Kier alpha value is -2.54. The van der Waals surface area contributed by atoms with Crippen LogP contribution in [0.4, 0.5) is 0 Å². The van der Waals surface area contributed by atoms with E-state index in [1.54, 1.807) is 7.11 Å². The summed E-state index contributed by atoms with van der Waals surface area (Å²) in [6.07, 6.45) is 3.24. The van der Waals surface area contributed by atoms with E-state index in [0.717, 1.165) is 47.2 Å². The summed E-state index contributed by atoms with van der Waals surface area (Å²) in [5.74, 6) is 1.15. The second kappa shape index (κ2) is 7.01. The van der Waals surface area contributed by atoms with Gasteiger partial charge in [-0.05, 0) is 37.0 Å². The molecule has 1 saturated carbocycles. The molecular weight excluding hydrogens is 382 g/mol. The highest BCUT2D eigenvalue weighted by molar-refractivity contribution is 5.90. The fraction of sp³-hybridized carbons (Fsp3) is 0.565. The van der Waals surface area contributed by atoms with Crippen molar-refractivity contribution in [1.29, 1.82) is 0 Å². The minimum atomic E-state index is -0.377. The predicted octanol–water partition coefficient (Wildman–Crippen LogP) is 2.34. The van der Waals surface area contributed by atoms with Gasteiger partial charge < -0.3 is 24.6 Å². The second-order valence-electron chi connectivity index (χ2n) is 9.04. The number of aromatic amines is 1. The lowest BCUT2D eigenvalue weighted by molar-refractivity contribution is -0.146. The van der Waals surface area contributed by atoms with E-state index < -0.39 is 0 Å². The quantitative estimate of drug-likeness (QED) is 0.791. The molecule has 2 fully saturated rings. The van der Waals surface area contributed by atoms with Gasteiger partial charge in [-0.25, -0.2) is 0 Å². The van der Waals surface area contributed by atoms with Crippen molar-refractivity contribution in [3.05, 3.63) is 29.5 Å². The molecule has 1 atom stereocenters. The third kappa shape index (κ3) is 2.82. The Labute approximate surface area is 176 Å². The van der Waals surface area contributed by atoms with Crippen LogP contribution in [0.2, 0.25) is 0 Å². The first-order valence-electron chi connectivity index (χ1n) is 10.9. The van der Waals surface area contributed by atoms with E-state index in [4.69, 9.17) is 4.74 Å². The number of aromatic nitrogens is 1. The van der Waals surface area contributed by atoms with Gasteiger partial charge in [-0.2, -0.15) is 0 Å². The van der Waals surface area contributed by atoms with Crippen molar-refractivity contribution in [3.8, 4) is 5.75 Å². The average Bonchev–Trinajstić information content (AvgIpc) is 3.50. The first-order chi connectivity index (χ1) is 14.5. The van der Waals surface area contributed by atoms with Crippen LogP contribution in [0.15, 0.2) is 18.2 Å².